The maximum atomic E-state index is 12.5. The van der Waals surface area contributed by atoms with Gasteiger partial charge in [-0.1, -0.05) is 366 Å². The number of unbranched alkanes of at least 4 members (excludes halogenated alkanes) is 54. The van der Waals surface area contributed by atoms with E-state index in [1.807, 2.05) is 0 Å². The summed E-state index contributed by atoms with van der Waals surface area (Å²) in [6, 6.07) is -0.538. The lowest BCUT2D eigenvalue weighted by Gasteiger charge is -2.22. The number of nitrogens with one attached hydrogen (secondary N) is 1. The lowest BCUT2D eigenvalue weighted by Crippen LogP contribution is -2.45. The highest BCUT2D eigenvalue weighted by Gasteiger charge is 2.20. The maximum absolute atomic E-state index is 12.5. The van der Waals surface area contributed by atoms with Crippen LogP contribution >= 0.6 is 0 Å². The van der Waals surface area contributed by atoms with Crippen molar-refractivity contribution in [3.8, 4) is 0 Å². The van der Waals surface area contributed by atoms with Gasteiger partial charge in [-0.05, 0) is 57.8 Å². The van der Waals surface area contributed by atoms with Crippen LogP contribution in [0, 0.1) is 0 Å². The molecule has 0 fully saturated rings. The van der Waals surface area contributed by atoms with E-state index in [9.17, 15) is 19.8 Å². The van der Waals surface area contributed by atoms with Gasteiger partial charge in [0.25, 0.3) is 0 Å². The number of ether oxygens (including phenoxy) is 1. The Morgan fingerprint density at radius 3 is 0.950 bits per heavy atom. The second-order valence-corrected chi connectivity index (χ2v) is 25.3. The number of rotatable bonds is 69. The fraction of sp³-hybridized carbons (Fsp3) is 0.919. The zero-order valence-electron chi connectivity index (χ0n) is 54.3. The van der Waals surface area contributed by atoms with E-state index in [2.05, 4.69) is 43.5 Å². The van der Waals surface area contributed by atoms with Crippen LogP contribution in [0.25, 0.3) is 0 Å². The van der Waals surface area contributed by atoms with Crippen molar-refractivity contribution in [2.24, 2.45) is 0 Å². The number of amides is 1. The zero-order valence-corrected chi connectivity index (χ0v) is 54.3. The molecule has 0 aliphatic rings. The molecule has 0 spiro atoms. The van der Waals surface area contributed by atoms with E-state index in [0.717, 1.165) is 44.9 Å². The van der Waals surface area contributed by atoms with Gasteiger partial charge in [0.1, 0.15) is 0 Å². The Bertz CT molecular complexity index is 1250. The van der Waals surface area contributed by atoms with E-state index in [0.29, 0.717) is 25.9 Å². The highest BCUT2D eigenvalue weighted by molar-refractivity contribution is 5.76. The number of hydrogen-bond acceptors (Lipinski definition) is 5. The first-order valence-electron chi connectivity index (χ1n) is 36.6. The number of allylic oxidation sites excluding steroid dienone is 4. The Morgan fingerprint density at radius 1 is 0.350 bits per heavy atom. The first-order valence-corrected chi connectivity index (χ1v) is 36.6. The predicted octanol–water partition coefficient (Wildman–Crippen LogP) is 23.7. The van der Waals surface area contributed by atoms with E-state index in [-0.39, 0.29) is 18.5 Å². The van der Waals surface area contributed by atoms with Gasteiger partial charge in [0, 0.05) is 12.8 Å². The summed E-state index contributed by atoms with van der Waals surface area (Å²) < 4.78 is 5.48. The largest absolute Gasteiger partial charge is 0.466 e. The molecule has 2 unspecified atom stereocenters. The van der Waals surface area contributed by atoms with Crippen LogP contribution in [0.3, 0.4) is 0 Å². The molecule has 0 aliphatic carbocycles. The number of aliphatic hydroxyl groups excluding tert-OH is 2. The van der Waals surface area contributed by atoms with Crippen LogP contribution in [-0.2, 0) is 14.3 Å². The van der Waals surface area contributed by atoms with E-state index < -0.39 is 12.1 Å². The number of hydrogen-bond donors (Lipinski definition) is 3. The van der Waals surface area contributed by atoms with E-state index >= 15 is 0 Å². The van der Waals surface area contributed by atoms with Gasteiger partial charge in [-0.15, -0.1) is 0 Å². The Kier molecular flexibility index (Phi) is 68.4. The molecular weight excluding hydrogens is 983 g/mol. The molecule has 0 saturated heterocycles. The molecule has 0 aliphatic heterocycles. The second-order valence-electron chi connectivity index (χ2n) is 25.3. The molecule has 6 heteroatoms. The van der Waals surface area contributed by atoms with Crippen molar-refractivity contribution < 1.29 is 24.5 Å². The van der Waals surface area contributed by atoms with Gasteiger partial charge < -0.3 is 20.3 Å². The minimum absolute atomic E-state index is 0.0200. The molecule has 3 N–H and O–H groups in total. The SMILES string of the molecule is CCCCCCCCCCCCCCCCC(O)C(CO)NC(=O)CCCCCCCCCCCCCCCCCCC/C=C\C/C=C\CCCCCCCCCCCCCCCOC(=O)CCCCCCCCCCCCCC. The predicted molar refractivity (Wildman–Crippen MR) is 352 cm³/mol. The minimum atomic E-state index is -0.661. The lowest BCUT2D eigenvalue weighted by atomic mass is 10.0. The lowest BCUT2D eigenvalue weighted by molar-refractivity contribution is -0.143. The Labute approximate surface area is 501 Å². The highest BCUT2D eigenvalue weighted by Crippen LogP contribution is 2.19. The van der Waals surface area contributed by atoms with Crippen LogP contribution in [0.2, 0.25) is 0 Å². The van der Waals surface area contributed by atoms with Crippen LogP contribution in [0.1, 0.15) is 412 Å². The van der Waals surface area contributed by atoms with Crippen molar-refractivity contribution in [2.45, 2.75) is 424 Å². The monoisotopic (exact) mass is 1130 g/mol. The molecule has 6 nitrogen and oxygen atoms in total. The number of esters is 1. The van der Waals surface area contributed by atoms with Gasteiger partial charge in [-0.25, -0.2) is 0 Å². The fourth-order valence-corrected chi connectivity index (χ4v) is 11.7. The van der Waals surface area contributed by atoms with Crippen LogP contribution in [0.5, 0.6) is 0 Å². The smallest absolute Gasteiger partial charge is 0.305 e. The van der Waals surface area contributed by atoms with Crippen LogP contribution in [0.15, 0.2) is 24.3 Å². The molecule has 0 heterocycles. The summed E-state index contributed by atoms with van der Waals surface area (Å²) in [6.45, 7) is 4.99. The van der Waals surface area contributed by atoms with Gasteiger partial charge >= 0.3 is 5.97 Å². The summed E-state index contributed by atoms with van der Waals surface area (Å²) in [7, 11) is 0. The van der Waals surface area contributed by atoms with Crippen LogP contribution in [0.4, 0.5) is 0 Å². The minimum Gasteiger partial charge on any atom is -0.466 e. The second kappa shape index (κ2) is 69.8. The van der Waals surface area contributed by atoms with Crippen molar-refractivity contribution in [2.75, 3.05) is 13.2 Å². The topological polar surface area (TPSA) is 95.9 Å². The third-order valence-electron chi connectivity index (χ3n) is 17.3. The van der Waals surface area contributed by atoms with Gasteiger partial charge in [-0.3, -0.25) is 9.59 Å². The average molecular weight is 1130 g/mol. The van der Waals surface area contributed by atoms with Crippen molar-refractivity contribution in [3.05, 3.63) is 24.3 Å². The van der Waals surface area contributed by atoms with Crippen molar-refractivity contribution in [3.63, 3.8) is 0 Å². The zero-order chi connectivity index (χ0) is 57.8. The quantitative estimate of drug-likeness (QED) is 0.0320. The molecule has 80 heavy (non-hydrogen) atoms. The standard InChI is InChI=1S/C74H143NO5/c1-3-5-7-9-11-13-15-17-43-46-50-54-58-62-66-72(77)71(70-76)75-73(78)67-63-59-55-51-47-44-41-39-37-35-33-31-29-27-25-23-21-19-18-20-22-24-26-28-30-32-34-36-38-40-42-45-49-53-57-61-65-69-80-74(79)68-64-60-56-52-48-16-14-12-10-8-6-4-2/h18,20,24,26,71-72,76-77H,3-17,19,21-23,25,27-70H2,1-2H3,(H,75,78)/b20-18-,26-24-. The van der Waals surface area contributed by atoms with Gasteiger partial charge in [0.15, 0.2) is 0 Å². The van der Waals surface area contributed by atoms with Crippen LogP contribution < -0.4 is 5.32 Å². The van der Waals surface area contributed by atoms with Crippen molar-refractivity contribution >= 4 is 11.9 Å². The Hall–Kier alpha value is -1.66. The Morgan fingerprint density at radius 2 is 0.625 bits per heavy atom. The molecule has 0 radical (unpaired) electrons. The first kappa shape index (κ1) is 78.3. The third-order valence-corrected chi connectivity index (χ3v) is 17.3. The van der Waals surface area contributed by atoms with E-state index in [4.69, 9.17) is 4.74 Å². The van der Waals surface area contributed by atoms with Gasteiger partial charge in [0.05, 0.1) is 25.4 Å². The molecule has 0 bridgehead atoms. The summed E-state index contributed by atoms with van der Waals surface area (Å²) in [5, 5.41) is 23.3. The summed E-state index contributed by atoms with van der Waals surface area (Å²) >= 11 is 0. The van der Waals surface area contributed by atoms with Gasteiger partial charge in [0.2, 0.25) is 5.91 Å². The average Bonchev–Trinajstić information content (AvgIpc) is 3.46. The van der Waals surface area contributed by atoms with E-state index in [1.165, 1.54) is 334 Å². The fourth-order valence-electron chi connectivity index (χ4n) is 11.7. The third kappa shape index (κ3) is 65.5. The Balaban J connectivity index is 3.35. The number of aliphatic hydroxyl groups is 2. The molecule has 0 aromatic rings. The molecule has 1 amide bonds. The molecule has 0 aromatic carbocycles. The maximum Gasteiger partial charge on any atom is 0.305 e. The molecule has 2 atom stereocenters. The summed E-state index contributed by atoms with van der Waals surface area (Å²) in [5.74, 6) is -0.00946. The summed E-state index contributed by atoms with van der Waals surface area (Å²) in [5.41, 5.74) is 0. The van der Waals surface area contributed by atoms with Crippen molar-refractivity contribution in [1.29, 1.82) is 0 Å². The molecule has 474 valence electrons. The van der Waals surface area contributed by atoms with Gasteiger partial charge in [-0.2, -0.15) is 0 Å². The highest BCUT2D eigenvalue weighted by atomic mass is 16.5. The van der Waals surface area contributed by atoms with Crippen molar-refractivity contribution in [1.82, 2.24) is 5.32 Å². The molecule has 0 aromatic heterocycles. The summed E-state index contributed by atoms with van der Waals surface area (Å²) in [6.07, 6.45) is 88.2. The van der Waals surface area contributed by atoms with E-state index in [1.54, 1.807) is 0 Å². The molecular formula is C74H143NO5. The number of carbonyl (C=O) groups excluding carboxylic acids is 2. The first-order chi connectivity index (χ1) is 39.5. The molecule has 0 saturated carbocycles. The normalized spacial score (nSPS) is 12.6. The number of carbonyl (C=O) groups is 2. The summed E-state index contributed by atoms with van der Waals surface area (Å²) in [4.78, 5) is 24.5. The molecule has 0 rings (SSSR count). The van der Waals surface area contributed by atoms with Crippen LogP contribution in [-0.4, -0.2) is 47.4 Å².